The Balaban J connectivity index is 1.64. The van der Waals surface area contributed by atoms with Crippen LogP contribution in [0.25, 0.3) is 6.08 Å². The maximum atomic E-state index is 13.5. The molecule has 0 saturated carbocycles. The fourth-order valence-corrected chi connectivity index (χ4v) is 5.08. The highest BCUT2D eigenvalue weighted by Gasteiger charge is 2.68. The quantitative estimate of drug-likeness (QED) is 0.428. The number of non-ortho nitro benzene ring substituents is 1. The van der Waals surface area contributed by atoms with Crippen molar-refractivity contribution in [1.82, 2.24) is 0 Å². The SMILES string of the molecule is NC(=O)[C@H]1[C@@H]2C(=O)N(c3cccc([N+](=O)[O-])c3)C(=O)[C@@H]2[C@H]2c3ccccc3C=C[NH+]21. The monoisotopic (exact) mass is 405 g/mol. The summed E-state index contributed by atoms with van der Waals surface area (Å²) in [5, 5.41) is 11.1. The molecule has 9 nitrogen and oxygen atoms in total. The third kappa shape index (κ3) is 2.35. The van der Waals surface area contributed by atoms with Crippen LogP contribution in [0.2, 0.25) is 0 Å². The van der Waals surface area contributed by atoms with Gasteiger partial charge in [0, 0.05) is 17.7 Å². The van der Waals surface area contributed by atoms with E-state index in [1.54, 1.807) is 6.20 Å². The first-order valence-electron chi connectivity index (χ1n) is 9.45. The topological polar surface area (TPSA) is 128 Å². The predicted octanol–water partition coefficient (Wildman–Crippen LogP) is 0.178. The molecule has 3 heterocycles. The largest absolute Gasteiger partial charge is 0.364 e. The van der Waals surface area contributed by atoms with Crippen molar-refractivity contribution in [3.05, 3.63) is 76.0 Å². The Bertz CT molecular complexity index is 1160. The first kappa shape index (κ1) is 18.2. The minimum Gasteiger partial charge on any atom is -0.364 e. The van der Waals surface area contributed by atoms with Crippen LogP contribution < -0.4 is 15.5 Å². The van der Waals surface area contributed by atoms with E-state index in [9.17, 15) is 24.5 Å². The maximum absolute atomic E-state index is 13.5. The van der Waals surface area contributed by atoms with E-state index in [4.69, 9.17) is 5.73 Å². The van der Waals surface area contributed by atoms with Crippen LogP contribution in [0.1, 0.15) is 17.2 Å². The second kappa shape index (κ2) is 6.33. The fraction of sp³-hybridized carbons (Fsp3) is 0.190. The molecule has 1 unspecified atom stereocenters. The van der Waals surface area contributed by atoms with Gasteiger partial charge in [0.05, 0.1) is 16.8 Å². The molecular weight excluding hydrogens is 388 g/mol. The molecule has 9 heteroatoms. The zero-order valence-corrected chi connectivity index (χ0v) is 15.6. The Morgan fingerprint density at radius 1 is 1.07 bits per heavy atom. The van der Waals surface area contributed by atoms with E-state index in [-0.39, 0.29) is 11.4 Å². The Hall–Kier alpha value is -3.85. The summed E-state index contributed by atoms with van der Waals surface area (Å²) < 4.78 is 0. The van der Waals surface area contributed by atoms with Crippen LogP contribution in [0.4, 0.5) is 11.4 Å². The second-order valence-electron chi connectivity index (χ2n) is 7.66. The Morgan fingerprint density at radius 3 is 2.53 bits per heavy atom. The number of anilines is 1. The third-order valence-corrected chi connectivity index (χ3v) is 6.23. The number of nitro groups is 1. The predicted molar refractivity (Wildman–Crippen MR) is 105 cm³/mol. The number of fused-ring (bicyclic) bond motifs is 5. The zero-order valence-electron chi connectivity index (χ0n) is 15.6. The van der Waals surface area contributed by atoms with Gasteiger partial charge in [-0.3, -0.25) is 29.4 Å². The van der Waals surface area contributed by atoms with Crippen molar-refractivity contribution in [3.63, 3.8) is 0 Å². The maximum Gasteiger partial charge on any atom is 0.277 e. The molecule has 2 saturated heterocycles. The van der Waals surface area contributed by atoms with Crippen LogP contribution in [-0.4, -0.2) is 28.7 Å². The van der Waals surface area contributed by atoms with E-state index in [1.807, 2.05) is 30.3 Å². The van der Waals surface area contributed by atoms with Crippen molar-refractivity contribution in [3.8, 4) is 0 Å². The number of quaternary nitrogens is 1. The average Bonchev–Trinajstić information content (AvgIpc) is 3.21. The van der Waals surface area contributed by atoms with Crippen LogP contribution in [0.15, 0.2) is 54.7 Å². The summed E-state index contributed by atoms with van der Waals surface area (Å²) in [6.45, 7) is 0. The molecule has 3 aliphatic heterocycles. The van der Waals surface area contributed by atoms with Gasteiger partial charge < -0.3 is 5.73 Å². The molecule has 2 aromatic rings. The number of nitro benzene ring substituents is 1. The summed E-state index contributed by atoms with van der Waals surface area (Å²) in [6.07, 6.45) is 3.66. The van der Waals surface area contributed by atoms with Gasteiger partial charge in [0.1, 0.15) is 17.9 Å². The lowest BCUT2D eigenvalue weighted by Gasteiger charge is -2.29. The van der Waals surface area contributed by atoms with Gasteiger partial charge in [-0.25, -0.2) is 4.90 Å². The van der Waals surface area contributed by atoms with Crippen LogP contribution in [0.5, 0.6) is 0 Å². The molecule has 0 aliphatic carbocycles. The van der Waals surface area contributed by atoms with Gasteiger partial charge in [0.25, 0.3) is 11.6 Å². The smallest absolute Gasteiger partial charge is 0.277 e. The van der Waals surface area contributed by atoms with Gasteiger partial charge >= 0.3 is 0 Å². The van der Waals surface area contributed by atoms with Gasteiger partial charge in [-0.05, 0) is 17.7 Å². The summed E-state index contributed by atoms with van der Waals surface area (Å²) in [5.41, 5.74) is 7.36. The molecule has 0 radical (unpaired) electrons. The molecule has 3 amide bonds. The van der Waals surface area contributed by atoms with Crippen LogP contribution in [-0.2, 0) is 14.4 Å². The van der Waals surface area contributed by atoms with Crippen molar-refractivity contribution < 1.29 is 24.2 Å². The number of hydrogen-bond donors (Lipinski definition) is 2. The lowest BCUT2D eigenvalue weighted by molar-refractivity contribution is -0.884. The van der Waals surface area contributed by atoms with Crippen molar-refractivity contribution in [1.29, 1.82) is 0 Å². The molecule has 3 aliphatic rings. The molecule has 0 spiro atoms. The molecule has 5 atom stereocenters. The second-order valence-corrected chi connectivity index (χ2v) is 7.66. The van der Waals surface area contributed by atoms with Crippen LogP contribution in [0.3, 0.4) is 0 Å². The minimum atomic E-state index is -0.926. The van der Waals surface area contributed by atoms with E-state index in [2.05, 4.69) is 0 Å². The fourth-order valence-electron chi connectivity index (χ4n) is 5.08. The lowest BCUT2D eigenvalue weighted by atomic mass is 9.84. The number of carbonyl (C=O) groups excluding carboxylic acids is 3. The highest BCUT2D eigenvalue weighted by atomic mass is 16.6. The van der Waals surface area contributed by atoms with E-state index in [0.717, 1.165) is 16.0 Å². The first-order valence-corrected chi connectivity index (χ1v) is 9.45. The van der Waals surface area contributed by atoms with E-state index < -0.39 is 46.6 Å². The normalized spacial score (nSPS) is 28.8. The summed E-state index contributed by atoms with van der Waals surface area (Å²) in [7, 11) is 0. The first-order chi connectivity index (χ1) is 14.4. The number of amides is 3. The molecule has 3 N–H and O–H groups in total. The van der Waals surface area contributed by atoms with E-state index in [0.29, 0.717) is 4.90 Å². The number of nitrogens with two attached hydrogens (primary N) is 1. The van der Waals surface area contributed by atoms with E-state index in [1.165, 1.54) is 24.3 Å². The lowest BCUT2D eigenvalue weighted by Crippen LogP contribution is -3.12. The number of benzene rings is 2. The summed E-state index contributed by atoms with van der Waals surface area (Å²) in [5.74, 6) is -3.39. The number of rotatable bonds is 3. The molecule has 0 bridgehead atoms. The molecular formula is C21H17N4O5+. The average molecular weight is 405 g/mol. The molecule has 30 heavy (non-hydrogen) atoms. The van der Waals surface area contributed by atoms with Crippen molar-refractivity contribution in [2.75, 3.05) is 4.90 Å². The molecule has 2 fully saturated rings. The van der Waals surface area contributed by atoms with Crippen molar-refractivity contribution in [2.45, 2.75) is 12.1 Å². The molecule has 5 rings (SSSR count). The number of nitrogens with zero attached hydrogens (tertiary/aromatic N) is 2. The Kier molecular flexibility index (Phi) is 3.84. The third-order valence-electron chi connectivity index (χ3n) is 6.23. The summed E-state index contributed by atoms with van der Waals surface area (Å²) >= 11 is 0. The summed E-state index contributed by atoms with van der Waals surface area (Å²) in [4.78, 5) is 51.3. The number of carbonyl (C=O) groups is 3. The number of primary amides is 1. The van der Waals surface area contributed by atoms with Crippen molar-refractivity contribution in [2.24, 2.45) is 17.6 Å². The van der Waals surface area contributed by atoms with E-state index >= 15 is 0 Å². The zero-order chi connectivity index (χ0) is 21.2. The van der Waals surface area contributed by atoms with Gasteiger partial charge in [0.2, 0.25) is 11.8 Å². The Morgan fingerprint density at radius 2 is 1.80 bits per heavy atom. The minimum absolute atomic E-state index is 0.123. The van der Waals surface area contributed by atoms with Gasteiger partial charge in [-0.2, -0.15) is 0 Å². The number of nitrogens with one attached hydrogen (secondary N) is 1. The summed E-state index contributed by atoms with van der Waals surface area (Å²) in [6, 6.07) is 11.6. The number of imide groups is 1. The Labute approximate surface area is 170 Å². The highest BCUT2D eigenvalue weighted by Crippen LogP contribution is 2.44. The van der Waals surface area contributed by atoms with Crippen molar-refractivity contribution >= 4 is 35.2 Å². The number of hydrogen-bond acceptors (Lipinski definition) is 5. The highest BCUT2D eigenvalue weighted by molar-refractivity contribution is 6.23. The van der Waals surface area contributed by atoms with Gasteiger partial charge in [-0.1, -0.05) is 30.3 Å². The standard InChI is InChI=1S/C21H16N4O5/c22-19(26)18-16-15(17-14-7-2-1-4-11(14)8-9-23(17)18)20(27)24(21(16)28)12-5-3-6-13(10-12)25(29)30/h1-10,15-18H,(H2,22,26)/p+1/t15-,16+,17+,18+/m0/s1. The van der Waals surface area contributed by atoms with Crippen LogP contribution in [0, 0.1) is 22.0 Å². The molecule has 150 valence electrons. The molecule has 0 aromatic heterocycles. The van der Waals surface area contributed by atoms with Crippen LogP contribution >= 0.6 is 0 Å². The molecule has 2 aromatic carbocycles. The van der Waals surface area contributed by atoms with Gasteiger partial charge in [0.15, 0.2) is 6.04 Å². The van der Waals surface area contributed by atoms with Gasteiger partial charge in [-0.15, -0.1) is 0 Å².